The Morgan fingerprint density at radius 1 is 1.30 bits per heavy atom. The Kier molecular flexibility index (Phi) is 6.34. The number of thiazole rings is 1. The smallest absolute Gasteiger partial charge is 0.409 e. The van der Waals surface area contributed by atoms with Crippen LogP contribution in [0, 0.1) is 12.8 Å². The van der Waals surface area contributed by atoms with E-state index >= 15 is 0 Å². The molecule has 1 aromatic heterocycles. The van der Waals surface area contributed by atoms with Gasteiger partial charge in [0, 0.05) is 34.5 Å². The van der Waals surface area contributed by atoms with Crippen LogP contribution in [0.25, 0.3) is 11.3 Å². The molecule has 6 nitrogen and oxygen atoms in total. The zero-order valence-corrected chi connectivity index (χ0v) is 16.9. The van der Waals surface area contributed by atoms with Crippen molar-refractivity contribution in [2.45, 2.75) is 26.7 Å². The van der Waals surface area contributed by atoms with Gasteiger partial charge in [0.2, 0.25) is 5.91 Å². The number of rotatable bonds is 4. The number of carbonyl (C=O) groups excluding carboxylic acids is 2. The molecule has 0 aliphatic carbocycles. The molecule has 1 aliphatic rings. The first-order valence-electron chi connectivity index (χ1n) is 8.94. The monoisotopic (exact) mass is 407 g/mol. The number of likely N-dealkylation sites (tertiary alicyclic amines) is 1. The summed E-state index contributed by atoms with van der Waals surface area (Å²) in [7, 11) is 0. The van der Waals surface area contributed by atoms with E-state index in [0.717, 1.165) is 16.1 Å². The second-order valence-corrected chi connectivity index (χ2v) is 8.02. The molecule has 1 aromatic carbocycles. The van der Waals surface area contributed by atoms with E-state index in [2.05, 4.69) is 10.3 Å². The Bertz CT molecular complexity index is 814. The number of benzene rings is 1. The molecule has 2 aromatic rings. The van der Waals surface area contributed by atoms with Crippen molar-refractivity contribution in [1.29, 1.82) is 0 Å². The quantitative estimate of drug-likeness (QED) is 0.805. The van der Waals surface area contributed by atoms with Crippen LogP contribution in [0.5, 0.6) is 0 Å². The van der Waals surface area contributed by atoms with E-state index in [4.69, 9.17) is 16.3 Å². The molecule has 27 heavy (non-hydrogen) atoms. The number of carbonyl (C=O) groups is 2. The molecule has 0 atom stereocenters. The zero-order chi connectivity index (χ0) is 19.4. The van der Waals surface area contributed by atoms with Crippen molar-refractivity contribution in [3.05, 3.63) is 34.2 Å². The van der Waals surface area contributed by atoms with Crippen LogP contribution in [0.4, 0.5) is 9.93 Å². The predicted octanol–water partition coefficient (Wildman–Crippen LogP) is 4.58. The van der Waals surface area contributed by atoms with Crippen molar-refractivity contribution in [1.82, 2.24) is 9.88 Å². The first-order chi connectivity index (χ1) is 13.0. The maximum absolute atomic E-state index is 12.6. The fourth-order valence-electron chi connectivity index (χ4n) is 3.07. The van der Waals surface area contributed by atoms with Gasteiger partial charge in [0.1, 0.15) is 0 Å². The zero-order valence-electron chi connectivity index (χ0n) is 15.3. The van der Waals surface area contributed by atoms with E-state index in [1.807, 2.05) is 31.2 Å². The maximum Gasteiger partial charge on any atom is 0.409 e. The van der Waals surface area contributed by atoms with Gasteiger partial charge in [0.25, 0.3) is 0 Å². The van der Waals surface area contributed by atoms with E-state index in [1.54, 1.807) is 11.8 Å². The number of nitrogens with one attached hydrogen (secondary N) is 1. The summed E-state index contributed by atoms with van der Waals surface area (Å²) in [5.74, 6) is -0.172. The van der Waals surface area contributed by atoms with Crippen LogP contribution < -0.4 is 5.32 Å². The summed E-state index contributed by atoms with van der Waals surface area (Å²) in [6, 6.07) is 7.48. The number of piperidine rings is 1. The minimum atomic E-state index is -0.306. The van der Waals surface area contributed by atoms with Gasteiger partial charge in [-0.25, -0.2) is 9.78 Å². The van der Waals surface area contributed by atoms with Gasteiger partial charge in [-0.1, -0.05) is 23.7 Å². The second kappa shape index (κ2) is 8.71. The molecule has 1 saturated heterocycles. The number of nitrogens with zero attached hydrogens (tertiary/aromatic N) is 2. The molecule has 3 rings (SSSR count). The van der Waals surface area contributed by atoms with Crippen molar-refractivity contribution in [2.75, 3.05) is 25.0 Å². The third kappa shape index (κ3) is 4.78. The largest absolute Gasteiger partial charge is 0.450 e. The molecule has 1 fully saturated rings. The average Bonchev–Trinajstić information content (AvgIpc) is 3.02. The molecule has 0 bridgehead atoms. The number of hydrogen-bond donors (Lipinski definition) is 1. The first kappa shape index (κ1) is 19.6. The van der Waals surface area contributed by atoms with Crippen LogP contribution in [0.15, 0.2) is 24.3 Å². The molecule has 2 heterocycles. The standard InChI is InChI=1S/C19H22ClN3O3S/c1-3-26-19(25)23-10-8-14(9-11-23)17(24)22-18-21-16(12(2)27-18)13-4-6-15(20)7-5-13/h4-7,14H,3,8-11H2,1-2H3,(H,21,22,24). The van der Waals surface area contributed by atoms with Crippen molar-refractivity contribution in [3.8, 4) is 11.3 Å². The molecule has 0 spiro atoms. The highest BCUT2D eigenvalue weighted by atomic mass is 35.5. The van der Waals surface area contributed by atoms with E-state index in [0.29, 0.717) is 42.7 Å². The number of aryl methyl sites for hydroxylation is 1. The highest BCUT2D eigenvalue weighted by Gasteiger charge is 2.28. The van der Waals surface area contributed by atoms with Crippen molar-refractivity contribution < 1.29 is 14.3 Å². The summed E-state index contributed by atoms with van der Waals surface area (Å²) < 4.78 is 5.01. The highest BCUT2D eigenvalue weighted by Crippen LogP contribution is 2.31. The molecule has 1 aliphatic heterocycles. The number of halogens is 1. The molecule has 1 N–H and O–H groups in total. The van der Waals surface area contributed by atoms with Crippen LogP contribution in [0.3, 0.4) is 0 Å². The molecular weight excluding hydrogens is 386 g/mol. The van der Waals surface area contributed by atoms with Gasteiger partial charge in [-0.3, -0.25) is 4.79 Å². The minimum Gasteiger partial charge on any atom is -0.450 e. The van der Waals surface area contributed by atoms with Crippen LogP contribution in [0.1, 0.15) is 24.6 Å². The van der Waals surface area contributed by atoms with Gasteiger partial charge in [0.15, 0.2) is 5.13 Å². The summed E-state index contributed by atoms with van der Waals surface area (Å²) in [6.45, 7) is 5.19. The fourth-order valence-corrected chi connectivity index (χ4v) is 4.04. The number of ether oxygens (including phenoxy) is 1. The molecule has 2 amide bonds. The highest BCUT2D eigenvalue weighted by molar-refractivity contribution is 7.16. The SMILES string of the molecule is CCOC(=O)N1CCC(C(=O)Nc2nc(-c3ccc(Cl)cc3)c(C)s2)CC1. The molecule has 0 unspecified atom stereocenters. The van der Waals surface area contributed by atoms with Gasteiger partial charge < -0.3 is 15.0 Å². The molecular formula is C19H22ClN3O3S. The molecule has 0 saturated carbocycles. The van der Waals surface area contributed by atoms with Crippen LogP contribution in [0.2, 0.25) is 5.02 Å². The Morgan fingerprint density at radius 2 is 1.96 bits per heavy atom. The number of anilines is 1. The van der Waals surface area contributed by atoms with Crippen molar-refractivity contribution in [3.63, 3.8) is 0 Å². The number of amides is 2. The third-order valence-electron chi connectivity index (χ3n) is 4.54. The molecule has 144 valence electrons. The van der Waals surface area contributed by atoms with E-state index in [1.165, 1.54) is 11.3 Å². The second-order valence-electron chi connectivity index (χ2n) is 6.38. The number of aromatic nitrogens is 1. The Labute approximate surface area is 167 Å². The summed E-state index contributed by atoms with van der Waals surface area (Å²) in [4.78, 5) is 31.6. The van der Waals surface area contributed by atoms with Gasteiger partial charge in [-0.15, -0.1) is 11.3 Å². The van der Waals surface area contributed by atoms with Crippen molar-refractivity contribution >= 4 is 40.1 Å². The van der Waals surface area contributed by atoms with Gasteiger partial charge in [-0.05, 0) is 38.8 Å². The lowest BCUT2D eigenvalue weighted by molar-refractivity contribution is -0.121. The lowest BCUT2D eigenvalue weighted by Gasteiger charge is -2.30. The lowest BCUT2D eigenvalue weighted by atomic mass is 9.96. The van der Waals surface area contributed by atoms with Gasteiger partial charge in [-0.2, -0.15) is 0 Å². The van der Waals surface area contributed by atoms with Crippen LogP contribution >= 0.6 is 22.9 Å². The summed E-state index contributed by atoms with van der Waals surface area (Å²) >= 11 is 7.40. The fraction of sp³-hybridized carbons (Fsp3) is 0.421. The Balaban J connectivity index is 1.60. The number of hydrogen-bond acceptors (Lipinski definition) is 5. The Hall–Kier alpha value is -2.12. The van der Waals surface area contributed by atoms with E-state index in [-0.39, 0.29) is 17.9 Å². The Morgan fingerprint density at radius 3 is 2.59 bits per heavy atom. The topological polar surface area (TPSA) is 71.5 Å². The summed E-state index contributed by atoms with van der Waals surface area (Å²) in [5, 5.41) is 4.20. The lowest BCUT2D eigenvalue weighted by Crippen LogP contribution is -2.41. The van der Waals surface area contributed by atoms with Crippen LogP contribution in [-0.4, -0.2) is 41.6 Å². The molecule has 0 radical (unpaired) electrons. The predicted molar refractivity (Wildman–Crippen MR) is 107 cm³/mol. The van der Waals surface area contributed by atoms with E-state index in [9.17, 15) is 9.59 Å². The normalized spacial score (nSPS) is 14.9. The van der Waals surface area contributed by atoms with Gasteiger partial charge in [0.05, 0.1) is 12.3 Å². The summed E-state index contributed by atoms with van der Waals surface area (Å²) in [5.41, 5.74) is 1.82. The molecule has 8 heteroatoms. The van der Waals surface area contributed by atoms with Crippen LogP contribution in [-0.2, 0) is 9.53 Å². The van der Waals surface area contributed by atoms with E-state index < -0.39 is 0 Å². The van der Waals surface area contributed by atoms with Crippen molar-refractivity contribution in [2.24, 2.45) is 5.92 Å². The average molecular weight is 408 g/mol. The first-order valence-corrected chi connectivity index (χ1v) is 10.1. The maximum atomic E-state index is 12.6. The summed E-state index contributed by atoms with van der Waals surface area (Å²) in [6.07, 6.45) is 0.942. The van der Waals surface area contributed by atoms with Gasteiger partial charge >= 0.3 is 6.09 Å². The minimum absolute atomic E-state index is 0.0464. The third-order valence-corrected chi connectivity index (χ3v) is 5.67.